The summed E-state index contributed by atoms with van der Waals surface area (Å²) in [6.07, 6.45) is 0. The van der Waals surface area contributed by atoms with Crippen LogP contribution in [0.4, 0.5) is 8.78 Å². The fourth-order valence-corrected chi connectivity index (χ4v) is 2.12. The summed E-state index contributed by atoms with van der Waals surface area (Å²) in [6, 6.07) is 3.24. The van der Waals surface area contributed by atoms with Gasteiger partial charge in [-0.15, -0.1) is 0 Å². The smallest absolute Gasteiger partial charge is 0.218 e. The van der Waals surface area contributed by atoms with Crippen LogP contribution in [0.5, 0.6) is 0 Å². The van der Waals surface area contributed by atoms with Crippen molar-refractivity contribution in [2.45, 2.75) is 12.2 Å². The molecule has 0 aliphatic rings. The molecule has 84 valence electrons. The van der Waals surface area contributed by atoms with Crippen LogP contribution in [0.3, 0.4) is 0 Å². The third kappa shape index (κ3) is 2.32. The monoisotopic (exact) mass is 235 g/mol. The van der Waals surface area contributed by atoms with Gasteiger partial charge in [-0.1, -0.05) is 6.07 Å². The number of rotatable bonds is 3. The van der Waals surface area contributed by atoms with Crippen LogP contribution in [0.2, 0.25) is 0 Å². The minimum Gasteiger partial charge on any atom is -0.218 e. The third-order valence-electron chi connectivity index (χ3n) is 2.16. The minimum atomic E-state index is -3.73. The SMILES string of the molecule is CNS(=O)(=O)C(C)c1c(F)cccc1F. The van der Waals surface area contributed by atoms with E-state index < -0.39 is 32.5 Å². The average molecular weight is 235 g/mol. The molecule has 0 fully saturated rings. The van der Waals surface area contributed by atoms with Gasteiger partial charge < -0.3 is 0 Å². The van der Waals surface area contributed by atoms with Crippen molar-refractivity contribution in [2.24, 2.45) is 0 Å². The van der Waals surface area contributed by atoms with Crippen LogP contribution < -0.4 is 4.72 Å². The van der Waals surface area contributed by atoms with Gasteiger partial charge in [0.2, 0.25) is 10.0 Å². The van der Waals surface area contributed by atoms with E-state index in [0.717, 1.165) is 12.1 Å². The van der Waals surface area contributed by atoms with Crippen LogP contribution in [0.1, 0.15) is 17.7 Å². The quantitative estimate of drug-likeness (QED) is 0.864. The van der Waals surface area contributed by atoms with Gasteiger partial charge in [0.05, 0.1) is 0 Å². The summed E-state index contributed by atoms with van der Waals surface area (Å²) < 4.78 is 51.2. The third-order valence-corrected chi connectivity index (χ3v) is 3.89. The molecule has 0 radical (unpaired) electrons. The fraction of sp³-hybridized carbons (Fsp3) is 0.333. The molecule has 0 amide bonds. The minimum absolute atomic E-state index is 0.438. The van der Waals surface area contributed by atoms with E-state index in [1.165, 1.54) is 20.0 Å². The van der Waals surface area contributed by atoms with Gasteiger partial charge in [-0.3, -0.25) is 0 Å². The molecule has 15 heavy (non-hydrogen) atoms. The Morgan fingerprint density at radius 2 is 1.73 bits per heavy atom. The summed E-state index contributed by atoms with van der Waals surface area (Å²) in [7, 11) is -2.53. The molecule has 1 unspecified atom stereocenters. The molecule has 0 saturated heterocycles. The van der Waals surface area contributed by atoms with Crippen LogP contribution in [-0.2, 0) is 10.0 Å². The molecule has 1 aromatic rings. The largest absolute Gasteiger partial charge is 0.218 e. The van der Waals surface area contributed by atoms with Gasteiger partial charge in [0.15, 0.2) is 0 Å². The van der Waals surface area contributed by atoms with E-state index in [1.807, 2.05) is 4.72 Å². The standard InChI is InChI=1S/C9H11F2NO2S/c1-6(15(13,14)12-2)9-7(10)4-3-5-8(9)11/h3-6,12H,1-2H3. The van der Waals surface area contributed by atoms with Crippen LogP contribution in [0.25, 0.3) is 0 Å². The molecular weight excluding hydrogens is 224 g/mol. The first-order chi connectivity index (χ1) is 6.90. The summed E-state index contributed by atoms with van der Waals surface area (Å²) in [5.74, 6) is -1.72. The number of halogens is 2. The zero-order valence-electron chi connectivity index (χ0n) is 8.29. The molecule has 1 N–H and O–H groups in total. The van der Waals surface area contributed by atoms with Crippen molar-refractivity contribution in [1.82, 2.24) is 4.72 Å². The van der Waals surface area contributed by atoms with Crippen molar-refractivity contribution >= 4 is 10.0 Å². The van der Waals surface area contributed by atoms with E-state index in [-0.39, 0.29) is 0 Å². The van der Waals surface area contributed by atoms with Gasteiger partial charge in [-0.2, -0.15) is 0 Å². The van der Waals surface area contributed by atoms with Crippen LogP contribution in [0, 0.1) is 11.6 Å². The second kappa shape index (κ2) is 4.24. The molecule has 0 heterocycles. The molecule has 0 saturated carbocycles. The van der Waals surface area contributed by atoms with E-state index in [4.69, 9.17) is 0 Å². The zero-order chi connectivity index (χ0) is 11.6. The summed E-state index contributed by atoms with van der Waals surface area (Å²) in [6.45, 7) is 1.23. The van der Waals surface area contributed by atoms with E-state index >= 15 is 0 Å². The second-order valence-corrected chi connectivity index (χ2v) is 5.23. The van der Waals surface area contributed by atoms with E-state index in [0.29, 0.717) is 0 Å². The predicted molar refractivity (Wildman–Crippen MR) is 52.8 cm³/mol. The number of hydrogen-bond acceptors (Lipinski definition) is 2. The second-order valence-electron chi connectivity index (χ2n) is 3.03. The summed E-state index contributed by atoms with van der Waals surface area (Å²) in [5, 5.41) is -1.26. The zero-order valence-corrected chi connectivity index (χ0v) is 9.11. The lowest BCUT2D eigenvalue weighted by molar-refractivity contribution is 0.538. The van der Waals surface area contributed by atoms with Crippen LogP contribution in [-0.4, -0.2) is 15.5 Å². The van der Waals surface area contributed by atoms with E-state index in [9.17, 15) is 17.2 Å². The highest BCUT2D eigenvalue weighted by Crippen LogP contribution is 2.25. The van der Waals surface area contributed by atoms with Crippen molar-refractivity contribution in [3.63, 3.8) is 0 Å². The van der Waals surface area contributed by atoms with Gasteiger partial charge in [-0.05, 0) is 26.1 Å². The maximum absolute atomic E-state index is 13.2. The molecule has 1 rings (SSSR count). The van der Waals surface area contributed by atoms with Crippen molar-refractivity contribution in [2.75, 3.05) is 7.05 Å². The summed E-state index contributed by atoms with van der Waals surface area (Å²) >= 11 is 0. The van der Waals surface area contributed by atoms with Crippen LogP contribution in [0.15, 0.2) is 18.2 Å². The molecule has 3 nitrogen and oxygen atoms in total. The molecular formula is C9H11F2NO2S. The van der Waals surface area contributed by atoms with Crippen molar-refractivity contribution < 1.29 is 17.2 Å². The van der Waals surface area contributed by atoms with E-state index in [1.54, 1.807) is 0 Å². The van der Waals surface area contributed by atoms with Gasteiger partial charge in [0.25, 0.3) is 0 Å². The summed E-state index contributed by atoms with van der Waals surface area (Å²) in [4.78, 5) is 0. The molecule has 0 bridgehead atoms. The first-order valence-electron chi connectivity index (χ1n) is 4.26. The Balaban J connectivity index is 3.29. The lowest BCUT2D eigenvalue weighted by Gasteiger charge is -2.13. The molecule has 1 aromatic carbocycles. The number of benzene rings is 1. The number of nitrogens with one attached hydrogen (secondary N) is 1. The molecule has 0 spiro atoms. The van der Waals surface area contributed by atoms with E-state index in [2.05, 4.69) is 0 Å². The highest BCUT2D eigenvalue weighted by atomic mass is 32.2. The molecule has 1 atom stereocenters. The predicted octanol–water partition coefficient (Wildman–Crippen LogP) is 1.58. The van der Waals surface area contributed by atoms with Crippen molar-refractivity contribution in [1.29, 1.82) is 0 Å². The Morgan fingerprint density at radius 1 is 1.27 bits per heavy atom. The Labute approximate surface area is 87.2 Å². The first kappa shape index (κ1) is 12.1. The maximum Gasteiger partial charge on any atom is 0.218 e. The maximum atomic E-state index is 13.2. The van der Waals surface area contributed by atoms with Gasteiger partial charge in [-0.25, -0.2) is 21.9 Å². The number of hydrogen-bond donors (Lipinski definition) is 1. The highest BCUT2D eigenvalue weighted by molar-refractivity contribution is 7.89. The fourth-order valence-electron chi connectivity index (χ4n) is 1.23. The normalized spacial score (nSPS) is 13.9. The molecule has 0 aliphatic carbocycles. The lowest BCUT2D eigenvalue weighted by Crippen LogP contribution is -2.25. The lowest BCUT2D eigenvalue weighted by atomic mass is 10.1. The molecule has 0 aromatic heterocycles. The Morgan fingerprint density at radius 3 is 2.13 bits per heavy atom. The van der Waals surface area contributed by atoms with Gasteiger partial charge in [0, 0.05) is 5.56 Å². The molecule has 6 heteroatoms. The molecule has 0 aliphatic heterocycles. The van der Waals surface area contributed by atoms with Gasteiger partial charge in [0.1, 0.15) is 16.9 Å². The Hall–Kier alpha value is -1.01. The van der Waals surface area contributed by atoms with Gasteiger partial charge >= 0.3 is 0 Å². The topological polar surface area (TPSA) is 46.2 Å². The highest BCUT2D eigenvalue weighted by Gasteiger charge is 2.26. The Bertz CT molecular complexity index is 439. The van der Waals surface area contributed by atoms with Crippen LogP contribution >= 0.6 is 0 Å². The average Bonchev–Trinajstić information content (AvgIpc) is 2.17. The number of sulfonamides is 1. The summed E-state index contributed by atoms with van der Waals surface area (Å²) in [5.41, 5.74) is -0.438. The van der Waals surface area contributed by atoms with Crippen molar-refractivity contribution in [3.05, 3.63) is 35.4 Å². The first-order valence-corrected chi connectivity index (χ1v) is 5.81. The van der Waals surface area contributed by atoms with Crippen molar-refractivity contribution in [3.8, 4) is 0 Å². The Kier molecular flexibility index (Phi) is 3.41.